The quantitative estimate of drug-likeness (QED) is 0.841. The molecule has 0 aliphatic heterocycles. The molecule has 4 heteroatoms. The first-order chi connectivity index (χ1) is 8.63. The summed E-state index contributed by atoms with van der Waals surface area (Å²) in [7, 11) is 0. The number of hydrogen-bond donors (Lipinski definition) is 1. The molecule has 0 radical (unpaired) electrons. The third-order valence-corrected chi connectivity index (χ3v) is 3.41. The van der Waals surface area contributed by atoms with Crippen molar-refractivity contribution in [3.8, 4) is 17.2 Å². The number of benzene rings is 2. The van der Waals surface area contributed by atoms with E-state index in [9.17, 15) is 4.21 Å². The Morgan fingerprint density at radius 1 is 1.17 bits per heavy atom. The average Bonchev–Trinajstić information content (AvgIpc) is 2.38. The van der Waals surface area contributed by atoms with Gasteiger partial charge in [0.1, 0.15) is 0 Å². The van der Waals surface area contributed by atoms with Gasteiger partial charge in [-0.2, -0.15) is 5.26 Å². The Morgan fingerprint density at radius 3 is 2.39 bits per heavy atom. The Balaban J connectivity index is 2.56. The number of rotatable bonds is 2. The van der Waals surface area contributed by atoms with Gasteiger partial charge in [-0.3, -0.25) is 0 Å². The van der Waals surface area contributed by atoms with Gasteiger partial charge in [0.2, 0.25) is 0 Å². The lowest BCUT2D eigenvalue weighted by Crippen LogP contribution is -1.91. The summed E-state index contributed by atoms with van der Waals surface area (Å²) in [5, 5.41) is 9.11. The molecule has 0 aromatic heterocycles. The van der Waals surface area contributed by atoms with Gasteiger partial charge in [-0.15, -0.1) is 0 Å². The van der Waals surface area contributed by atoms with Gasteiger partial charge in [0, 0.05) is 5.56 Å². The smallest absolute Gasteiger partial charge is 0.186 e. The minimum absolute atomic E-state index is 0.353. The van der Waals surface area contributed by atoms with E-state index in [2.05, 4.69) is 6.07 Å². The predicted molar refractivity (Wildman–Crippen MR) is 70.4 cm³/mol. The second kappa shape index (κ2) is 5.13. The molecule has 18 heavy (non-hydrogen) atoms. The molecular weight excluding hydrogens is 246 g/mol. The normalized spacial score (nSPS) is 11.8. The van der Waals surface area contributed by atoms with Crippen molar-refractivity contribution in [2.75, 3.05) is 0 Å². The van der Waals surface area contributed by atoms with Crippen molar-refractivity contribution in [2.45, 2.75) is 11.8 Å². The maximum Gasteiger partial charge on any atom is 0.186 e. The molecule has 2 aromatic rings. The van der Waals surface area contributed by atoms with Crippen LogP contribution in [0.1, 0.15) is 11.1 Å². The summed E-state index contributed by atoms with van der Waals surface area (Å²) in [6.45, 7) is 1.94. The molecule has 0 spiro atoms. The third-order valence-electron chi connectivity index (χ3n) is 2.74. The first kappa shape index (κ1) is 12.5. The fourth-order valence-electron chi connectivity index (χ4n) is 1.88. The van der Waals surface area contributed by atoms with Gasteiger partial charge in [-0.05, 0) is 36.2 Å². The average molecular weight is 257 g/mol. The molecule has 3 nitrogen and oxygen atoms in total. The van der Waals surface area contributed by atoms with Crippen molar-refractivity contribution < 1.29 is 8.76 Å². The van der Waals surface area contributed by atoms with Crippen molar-refractivity contribution in [1.29, 1.82) is 5.26 Å². The molecule has 0 fully saturated rings. The second-order valence-electron chi connectivity index (χ2n) is 3.88. The van der Waals surface area contributed by atoms with Gasteiger partial charge in [0.05, 0.1) is 16.5 Å². The van der Waals surface area contributed by atoms with Gasteiger partial charge >= 0.3 is 0 Å². The zero-order valence-corrected chi connectivity index (χ0v) is 10.6. The topological polar surface area (TPSA) is 61.1 Å². The van der Waals surface area contributed by atoms with Crippen molar-refractivity contribution >= 4 is 11.1 Å². The highest BCUT2D eigenvalue weighted by molar-refractivity contribution is 7.79. The number of nitriles is 1. The van der Waals surface area contributed by atoms with E-state index in [1.54, 1.807) is 30.3 Å². The van der Waals surface area contributed by atoms with Crippen molar-refractivity contribution in [3.63, 3.8) is 0 Å². The largest absolute Gasteiger partial charge is 0.302 e. The summed E-state index contributed by atoms with van der Waals surface area (Å²) in [6.07, 6.45) is 0. The Morgan fingerprint density at radius 2 is 1.83 bits per heavy atom. The molecular formula is C14H11NO2S. The van der Waals surface area contributed by atoms with Crippen molar-refractivity contribution in [1.82, 2.24) is 0 Å². The van der Waals surface area contributed by atoms with E-state index in [-0.39, 0.29) is 0 Å². The summed E-state index contributed by atoms with van der Waals surface area (Å²) < 4.78 is 19.9. The Bertz CT molecular complexity index is 642. The van der Waals surface area contributed by atoms with Crippen LogP contribution in [-0.2, 0) is 11.1 Å². The summed E-state index contributed by atoms with van der Waals surface area (Å²) >= 11 is -1.97. The van der Waals surface area contributed by atoms with E-state index >= 15 is 0 Å². The van der Waals surface area contributed by atoms with Crippen LogP contribution in [0.4, 0.5) is 0 Å². The third kappa shape index (κ3) is 2.33. The van der Waals surface area contributed by atoms with Crippen molar-refractivity contribution in [3.05, 3.63) is 53.6 Å². The highest BCUT2D eigenvalue weighted by atomic mass is 32.2. The van der Waals surface area contributed by atoms with Crippen LogP contribution < -0.4 is 0 Å². The summed E-state index contributed by atoms with van der Waals surface area (Å²) in [5.74, 6) is 0. The lowest BCUT2D eigenvalue weighted by atomic mass is 9.96. The van der Waals surface area contributed by atoms with Crippen LogP contribution in [0.3, 0.4) is 0 Å². The van der Waals surface area contributed by atoms with Crippen LogP contribution in [0.25, 0.3) is 11.1 Å². The molecule has 0 aliphatic rings. The van der Waals surface area contributed by atoms with Gasteiger partial charge in [-0.25, -0.2) is 4.21 Å². The summed E-state index contributed by atoms with van der Waals surface area (Å²) in [4.78, 5) is 0.353. The molecule has 0 heterocycles. The molecule has 1 unspecified atom stereocenters. The maximum atomic E-state index is 10.9. The molecule has 0 saturated heterocycles. The second-order valence-corrected chi connectivity index (χ2v) is 4.85. The van der Waals surface area contributed by atoms with Crippen LogP contribution in [0.15, 0.2) is 47.4 Å². The summed E-state index contributed by atoms with van der Waals surface area (Å²) in [5.41, 5.74) is 3.36. The van der Waals surface area contributed by atoms with Gasteiger partial charge in [-0.1, -0.05) is 24.3 Å². The molecule has 90 valence electrons. The molecule has 1 atom stereocenters. The van der Waals surface area contributed by atoms with Crippen LogP contribution >= 0.6 is 0 Å². The minimum Gasteiger partial charge on any atom is -0.302 e. The van der Waals surface area contributed by atoms with Gasteiger partial charge in [0.15, 0.2) is 11.1 Å². The number of aryl methyl sites for hydroxylation is 1. The molecule has 0 aliphatic carbocycles. The lowest BCUT2D eigenvalue weighted by Gasteiger charge is -2.08. The van der Waals surface area contributed by atoms with Gasteiger partial charge < -0.3 is 4.55 Å². The molecule has 1 N–H and O–H groups in total. The van der Waals surface area contributed by atoms with Crippen molar-refractivity contribution in [2.24, 2.45) is 0 Å². The molecule has 2 rings (SSSR count). The maximum absolute atomic E-state index is 10.9. The van der Waals surface area contributed by atoms with E-state index in [0.29, 0.717) is 10.5 Å². The van der Waals surface area contributed by atoms with E-state index in [1.807, 2.05) is 19.1 Å². The molecule has 0 bridgehead atoms. The molecule has 2 aromatic carbocycles. The highest BCUT2D eigenvalue weighted by Gasteiger charge is 2.08. The van der Waals surface area contributed by atoms with Crippen LogP contribution in [0.5, 0.6) is 0 Å². The Labute approximate surface area is 108 Å². The van der Waals surface area contributed by atoms with E-state index < -0.39 is 11.1 Å². The van der Waals surface area contributed by atoms with E-state index in [0.717, 1.165) is 16.7 Å². The number of nitrogens with zero attached hydrogens (tertiary/aromatic N) is 1. The van der Waals surface area contributed by atoms with Crippen LogP contribution in [0, 0.1) is 18.3 Å². The SMILES string of the molecule is Cc1cccc(C#N)c1-c1ccc(S(=O)O)cc1. The Kier molecular flexibility index (Phi) is 3.56. The zero-order valence-electron chi connectivity index (χ0n) is 9.75. The minimum atomic E-state index is -1.97. The predicted octanol–water partition coefficient (Wildman–Crippen LogP) is 3.11. The Hall–Kier alpha value is -1.96. The lowest BCUT2D eigenvalue weighted by molar-refractivity contribution is 0.564. The van der Waals surface area contributed by atoms with E-state index in [4.69, 9.17) is 9.81 Å². The van der Waals surface area contributed by atoms with E-state index in [1.165, 1.54) is 0 Å². The standard InChI is InChI=1S/C14H11NO2S/c1-10-3-2-4-12(9-15)14(10)11-5-7-13(8-6-11)18(16)17/h2-8H,1H3,(H,16,17). The summed E-state index contributed by atoms with van der Waals surface area (Å²) in [6, 6.07) is 14.4. The fourth-order valence-corrected chi connectivity index (χ4v) is 2.25. The first-order valence-corrected chi connectivity index (χ1v) is 6.45. The molecule has 0 amide bonds. The van der Waals surface area contributed by atoms with Crippen LogP contribution in [0.2, 0.25) is 0 Å². The monoisotopic (exact) mass is 257 g/mol. The molecule has 0 saturated carbocycles. The first-order valence-electron chi connectivity index (χ1n) is 5.34. The number of hydrogen-bond acceptors (Lipinski definition) is 2. The van der Waals surface area contributed by atoms with Crippen LogP contribution in [-0.4, -0.2) is 8.76 Å². The zero-order chi connectivity index (χ0) is 13.1. The highest BCUT2D eigenvalue weighted by Crippen LogP contribution is 2.27. The fraction of sp³-hybridized carbons (Fsp3) is 0.0714. The van der Waals surface area contributed by atoms with Gasteiger partial charge in [0.25, 0.3) is 0 Å².